The van der Waals surface area contributed by atoms with Crippen LogP contribution < -0.4 is 10.1 Å². The second kappa shape index (κ2) is 11.5. The molecule has 5 rings (SSSR count). The third-order valence-electron chi connectivity index (χ3n) is 6.38. The van der Waals surface area contributed by atoms with Crippen molar-refractivity contribution in [2.45, 2.75) is 26.0 Å². The van der Waals surface area contributed by atoms with Crippen molar-refractivity contribution in [2.24, 2.45) is 0 Å². The monoisotopic (exact) mass is 539 g/mol. The highest BCUT2D eigenvalue weighted by molar-refractivity contribution is 6.30. The summed E-state index contributed by atoms with van der Waals surface area (Å²) in [5.41, 5.74) is 5.39. The quantitative estimate of drug-likeness (QED) is 0.209. The Morgan fingerprint density at radius 3 is 2.36 bits per heavy atom. The Morgan fingerprint density at radius 2 is 1.64 bits per heavy atom. The van der Waals surface area contributed by atoms with E-state index in [0.29, 0.717) is 23.0 Å². The molecule has 0 saturated carbocycles. The van der Waals surface area contributed by atoms with Crippen LogP contribution in [0.5, 0.6) is 5.75 Å². The number of fused-ring (bicyclic) bond motifs is 1. The van der Waals surface area contributed by atoms with Gasteiger partial charge < -0.3 is 19.6 Å². The molecule has 0 bridgehead atoms. The largest absolute Gasteiger partial charge is 0.489 e. The van der Waals surface area contributed by atoms with Gasteiger partial charge in [-0.05, 0) is 65.6 Å². The molecule has 0 unspecified atom stereocenters. The van der Waals surface area contributed by atoms with Gasteiger partial charge in [0.05, 0.1) is 0 Å². The van der Waals surface area contributed by atoms with Gasteiger partial charge in [-0.3, -0.25) is 4.79 Å². The van der Waals surface area contributed by atoms with Crippen molar-refractivity contribution in [1.82, 2.24) is 5.32 Å². The topological polar surface area (TPSA) is 88.8 Å². The maximum Gasteiger partial charge on any atom is 0.326 e. The summed E-state index contributed by atoms with van der Waals surface area (Å²) in [6.07, 6.45) is 0.111. The molecule has 196 valence electrons. The highest BCUT2D eigenvalue weighted by Crippen LogP contribution is 2.28. The van der Waals surface area contributed by atoms with Crippen molar-refractivity contribution in [3.05, 3.63) is 125 Å². The summed E-state index contributed by atoms with van der Waals surface area (Å²) in [6.45, 7) is 2.47. The molecule has 5 aromatic rings. The molecule has 0 aliphatic carbocycles. The fourth-order valence-corrected chi connectivity index (χ4v) is 4.45. The van der Waals surface area contributed by atoms with Gasteiger partial charge in [-0.25, -0.2) is 4.79 Å². The lowest BCUT2D eigenvalue weighted by molar-refractivity contribution is -0.139. The Labute approximate surface area is 230 Å². The summed E-state index contributed by atoms with van der Waals surface area (Å²) in [4.78, 5) is 24.8. The van der Waals surface area contributed by atoms with Crippen LogP contribution in [-0.2, 0) is 17.8 Å². The predicted molar refractivity (Wildman–Crippen MR) is 151 cm³/mol. The molecule has 0 radical (unpaired) electrons. The Morgan fingerprint density at radius 1 is 0.897 bits per heavy atom. The molecule has 0 saturated heterocycles. The summed E-state index contributed by atoms with van der Waals surface area (Å²) in [5, 5.41) is 13.7. The van der Waals surface area contributed by atoms with E-state index >= 15 is 0 Å². The molecule has 0 aliphatic rings. The average molecular weight is 540 g/mol. The molecule has 7 heteroatoms. The highest BCUT2D eigenvalue weighted by Gasteiger charge is 2.23. The number of carbonyl (C=O) groups excluding carboxylic acids is 1. The van der Waals surface area contributed by atoms with E-state index in [9.17, 15) is 14.7 Å². The third kappa shape index (κ3) is 6.48. The number of aryl methyl sites for hydroxylation is 1. The number of ether oxygens (including phenoxy) is 1. The van der Waals surface area contributed by atoms with Crippen LogP contribution in [0.25, 0.3) is 22.1 Å². The Bertz CT molecular complexity index is 1620. The smallest absolute Gasteiger partial charge is 0.326 e. The molecule has 1 amide bonds. The number of halogens is 1. The highest BCUT2D eigenvalue weighted by atomic mass is 35.5. The SMILES string of the molecule is Cc1cccc(COc2ccc(C[C@H](NC(=O)c3cc4ccc(-c5ccc(Cl)cc5)cc4o3)C(=O)O)cc2)c1. The molecule has 1 aromatic heterocycles. The van der Waals surface area contributed by atoms with E-state index in [1.165, 1.54) is 5.56 Å². The fourth-order valence-electron chi connectivity index (χ4n) is 4.32. The molecule has 0 fully saturated rings. The molecule has 2 N–H and O–H groups in total. The standard InChI is InChI=1S/C32H26ClNO5/c1-20-3-2-4-22(15-20)19-38-27-13-5-21(6-14-27)16-28(32(36)37)34-31(35)30-18-25-8-7-24(17-29(25)39-30)23-9-11-26(33)12-10-23/h2-15,17-18,28H,16,19H2,1H3,(H,34,35)(H,36,37)/t28-/m0/s1. The molecule has 1 heterocycles. The van der Waals surface area contributed by atoms with Crippen LogP contribution >= 0.6 is 11.6 Å². The molecule has 0 aliphatic heterocycles. The lowest BCUT2D eigenvalue weighted by Gasteiger charge is -2.14. The number of carbonyl (C=O) groups is 2. The third-order valence-corrected chi connectivity index (χ3v) is 6.63. The first-order valence-electron chi connectivity index (χ1n) is 12.4. The molecular weight excluding hydrogens is 514 g/mol. The number of rotatable bonds is 9. The van der Waals surface area contributed by atoms with E-state index in [1.54, 1.807) is 42.5 Å². The van der Waals surface area contributed by atoms with E-state index in [1.807, 2.05) is 55.5 Å². The molecule has 0 spiro atoms. The first-order chi connectivity index (χ1) is 18.8. The second-order valence-corrected chi connectivity index (χ2v) is 9.80. The molecule has 1 atom stereocenters. The zero-order valence-corrected chi connectivity index (χ0v) is 21.9. The van der Waals surface area contributed by atoms with Gasteiger partial charge in [-0.2, -0.15) is 0 Å². The van der Waals surface area contributed by atoms with Crippen LogP contribution in [-0.4, -0.2) is 23.0 Å². The number of hydrogen-bond acceptors (Lipinski definition) is 4. The first kappa shape index (κ1) is 26.1. The number of carboxylic acids is 1. The van der Waals surface area contributed by atoms with E-state index in [-0.39, 0.29) is 12.2 Å². The van der Waals surface area contributed by atoms with Gasteiger partial charge in [0.25, 0.3) is 5.91 Å². The fraction of sp³-hybridized carbons (Fsp3) is 0.125. The normalized spacial score (nSPS) is 11.7. The van der Waals surface area contributed by atoms with E-state index in [2.05, 4.69) is 11.4 Å². The molecular formula is C32H26ClNO5. The predicted octanol–water partition coefficient (Wildman–Crippen LogP) is 7.07. The Hall–Kier alpha value is -4.55. The van der Waals surface area contributed by atoms with Crippen molar-refractivity contribution in [3.8, 4) is 16.9 Å². The summed E-state index contributed by atoms with van der Waals surface area (Å²) >= 11 is 5.98. The van der Waals surface area contributed by atoms with Crippen LogP contribution in [0.4, 0.5) is 0 Å². The van der Waals surface area contributed by atoms with Crippen LogP contribution in [0.15, 0.2) is 101 Å². The number of amides is 1. The second-order valence-electron chi connectivity index (χ2n) is 9.36. The van der Waals surface area contributed by atoms with Gasteiger partial charge in [0, 0.05) is 16.8 Å². The molecule has 4 aromatic carbocycles. The average Bonchev–Trinajstić information content (AvgIpc) is 3.36. The van der Waals surface area contributed by atoms with Crippen molar-refractivity contribution in [3.63, 3.8) is 0 Å². The lowest BCUT2D eigenvalue weighted by atomic mass is 10.0. The van der Waals surface area contributed by atoms with Gasteiger partial charge in [0.1, 0.15) is 24.0 Å². The summed E-state index contributed by atoms with van der Waals surface area (Å²) < 4.78 is 11.6. The summed E-state index contributed by atoms with van der Waals surface area (Å²) in [7, 11) is 0. The first-order valence-corrected chi connectivity index (χ1v) is 12.8. The lowest BCUT2D eigenvalue weighted by Crippen LogP contribution is -2.42. The molecule has 39 heavy (non-hydrogen) atoms. The van der Waals surface area contributed by atoms with Crippen LogP contribution in [0.1, 0.15) is 27.2 Å². The van der Waals surface area contributed by atoms with Crippen molar-refractivity contribution in [1.29, 1.82) is 0 Å². The van der Waals surface area contributed by atoms with Crippen molar-refractivity contribution < 1.29 is 23.8 Å². The van der Waals surface area contributed by atoms with Gasteiger partial charge >= 0.3 is 5.97 Å². The van der Waals surface area contributed by atoms with E-state index in [0.717, 1.165) is 27.6 Å². The summed E-state index contributed by atoms with van der Waals surface area (Å²) in [5.74, 6) is -1.00. The molecule has 6 nitrogen and oxygen atoms in total. The minimum atomic E-state index is -1.13. The van der Waals surface area contributed by atoms with Gasteiger partial charge in [0.2, 0.25) is 0 Å². The van der Waals surface area contributed by atoms with Crippen LogP contribution in [0, 0.1) is 6.92 Å². The number of furan rings is 1. The zero-order chi connectivity index (χ0) is 27.4. The van der Waals surface area contributed by atoms with Gasteiger partial charge in [-0.15, -0.1) is 0 Å². The number of hydrogen-bond donors (Lipinski definition) is 2. The van der Waals surface area contributed by atoms with E-state index < -0.39 is 17.9 Å². The van der Waals surface area contributed by atoms with Crippen molar-refractivity contribution >= 4 is 34.4 Å². The minimum Gasteiger partial charge on any atom is -0.489 e. The van der Waals surface area contributed by atoms with Gasteiger partial charge in [0.15, 0.2) is 5.76 Å². The minimum absolute atomic E-state index is 0.0457. The Balaban J connectivity index is 1.23. The zero-order valence-electron chi connectivity index (χ0n) is 21.2. The number of nitrogens with one attached hydrogen (secondary N) is 1. The van der Waals surface area contributed by atoms with Crippen molar-refractivity contribution in [2.75, 3.05) is 0 Å². The van der Waals surface area contributed by atoms with Gasteiger partial charge in [-0.1, -0.05) is 77.8 Å². The maximum atomic E-state index is 12.9. The maximum absolute atomic E-state index is 12.9. The number of carboxylic acid groups (broad SMARTS) is 1. The van der Waals surface area contributed by atoms with E-state index in [4.69, 9.17) is 20.8 Å². The Kier molecular flexibility index (Phi) is 7.66. The van der Waals surface area contributed by atoms with Crippen LogP contribution in [0.2, 0.25) is 5.02 Å². The van der Waals surface area contributed by atoms with Crippen LogP contribution in [0.3, 0.4) is 0 Å². The number of benzene rings is 4. The number of aliphatic carboxylic acids is 1. The summed E-state index contributed by atoms with van der Waals surface area (Å²) in [6, 6.07) is 28.8.